The molecular weight excluding hydrogens is 220 g/mol. The fourth-order valence-corrected chi connectivity index (χ4v) is 2.94. The number of nitrogens with two attached hydrogens (primary N) is 1. The second kappa shape index (κ2) is 10.8. The summed E-state index contributed by atoms with van der Waals surface area (Å²) in [5.74, 6) is 0. The highest BCUT2D eigenvalue weighted by atomic mass is 15.1. The maximum absolute atomic E-state index is 5.99. The third-order valence-corrected chi connectivity index (χ3v) is 4.12. The lowest BCUT2D eigenvalue weighted by atomic mass is 10.1. The third kappa shape index (κ3) is 8.10. The molecule has 0 aromatic rings. The largest absolute Gasteiger partial charge is 0.327 e. The van der Waals surface area contributed by atoms with E-state index in [4.69, 9.17) is 5.73 Å². The van der Waals surface area contributed by atoms with E-state index in [1.807, 2.05) is 0 Å². The van der Waals surface area contributed by atoms with E-state index in [0.717, 1.165) is 6.54 Å². The second-order valence-corrected chi connectivity index (χ2v) is 6.03. The standard InChI is InChI=1S/C16H34N2/c1-2-3-4-5-6-7-8-9-10-13-18-14-11-12-16(17)15-18/h16H,2-15,17H2,1H3/t16-/m0/s1. The molecule has 1 aliphatic rings. The molecule has 18 heavy (non-hydrogen) atoms. The van der Waals surface area contributed by atoms with Crippen LogP contribution >= 0.6 is 0 Å². The van der Waals surface area contributed by atoms with Gasteiger partial charge in [-0.05, 0) is 32.4 Å². The summed E-state index contributed by atoms with van der Waals surface area (Å²) < 4.78 is 0. The van der Waals surface area contributed by atoms with E-state index in [0.29, 0.717) is 6.04 Å². The minimum absolute atomic E-state index is 0.442. The first kappa shape index (κ1) is 16.0. The van der Waals surface area contributed by atoms with Crippen molar-refractivity contribution in [3.8, 4) is 0 Å². The fourth-order valence-electron chi connectivity index (χ4n) is 2.94. The Morgan fingerprint density at radius 1 is 0.944 bits per heavy atom. The van der Waals surface area contributed by atoms with Crippen LogP contribution in [0.3, 0.4) is 0 Å². The molecule has 1 saturated heterocycles. The average molecular weight is 254 g/mol. The Balaban J connectivity index is 1.80. The van der Waals surface area contributed by atoms with Crippen molar-refractivity contribution in [3.05, 3.63) is 0 Å². The zero-order valence-electron chi connectivity index (χ0n) is 12.5. The van der Waals surface area contributed by atoms with Crippen molar-refractivity contribution in [1.82, 2.24) is 4.90 Å². The van der Waals surface area contributed by atoms with Gasteiger partial charge in [0.05, 0.1) is 0 Å². The maximum Gasteiger partial charge on any atom is 0.0168 e. The number of hydrogen-bond donors (Lipinski definition) is 1. The molecule has 1 fully saturated rings. The Morgan fingerprint density at radius 2 is 1.56 bits per heavy atom. The van der Waals surface area contributed by atoms with E-state index in [9.17, 15) is 0 Å². The molecule has 0 aliphatic carbocycles. The SMILES string of the molecule is CCCCCCCCCCCN1CCC[C@H](N)C1. The highest BCUT2D eigenvalue weighted by Gasteiger charge is 2.15. The smallest absolute Gasteiger partial charge is 0.0168 e. The number of nitrogens with zero attached hydrogens (tertiary/aromatic N) is 1. The molecule has 2 heteroatoms. The van der Waals surface area contributed by atoms with Gasteiger partial charge in [-0.2, -0.15) is 0 Å². The highest BCUT2D eigenvalue weighted by Crippen LogP contribution is 2.12. The monoisotopic (exact) mass is 254 g/mol. The average Bonchev–Trinajstić information content (AvgIpc) is 2.37. The Hall–Kier alpha value is -0.0800. The number of piperidine rings is 1. The molecule has 2 N–H and O–H groups in total. The molecule has 0 bridgehead atoms. The Labute approximate surface area is 114 Å². The van der Waals surface area contributed by atoms with Crippen LogP contribution in [0, 0.1) is 0 Å². The van der Waals surface area contributed by atoms with E-state index in [2.05, 4.69) is 11.8 Å². The van der Waals surface area contributed by atoms with Crippen molar-refractivity contribution in [2.45, 2.75) is 83.6 Å². The third-order valence-electron chi connectivity index (χ3n) is 4.12. The van der Waals surface area contributed by atoms with Crippen molar-refractivity contribution in [2.75, 3.05) is 19.6 Å². The van der Waals surface area contributed by atoms with Crippen molar-refractivity contribution >= 4 is 0 Å². The van der Waals surface area contributed by atoms with E-state index in [1.165, 1.54) is 83.7 Å². The fraction of sp³-hybridized carbons (Fsp3) is 1.00. The van der Waals surface area contributed by atoms with Gasteiger partial charge in [0.15, 0.2) is 0 Å². The first-order valence-electron chi connectivity index (χ1n) is 8.31. The van der Waals surface area contributed by atoms with Crippen molar-refractivity contribution in [3.63, 3.8) is 0 Å². The lowest BCUT2D eigenvalue weighted by molar-refractivity contribution is 0.205. The summed E-state index contributed by atoms with van der Waals surface area (Å²) in [6.45, 7) is 5.98. The van der Waals surface area contributed by atoms with Crippen molar-refractivity contribution < 1.29 is 0 Å². The highest BCUT2D eigenvalue weighted by molar-refractivity contribution is 4.74. The molecule has 0 aromatic carbocycles. The lowest BCUT2D eigenvalue weighted by Crippen LogP contribution is -2.43. The molecule has 1 rings (SSSR count). The van der Waals surface area contributed by atoms with Gasteiger partial charge in [-0.3, -0.25) is 0 Å². The van der Waals surface area contributed by atoms with Gasteiger partial charge in [0.1, 0.15) is 0 Å². The summed E-state index contributed by atoms with van der Waals surface area (Å²) in [6.07, 6.45) is 15.3. The predicted octanol–water partition coefficient (Wildman–Crippen LogP) is 3.94. The molecule has 2 nitrogen and oxygen atoms in total. The molecular formula is C16H34N2. The first-order valence-corrected chi connectivity index (χ1v) is 8.31. The van der Waals surface area contributed by atoms with E-state index < -0.39 is 0 Å². The molecule has 0 unspecified atom stereocenters. The van der Waals surface area contributed by atoms with Gasteiger partial charge in [-0.25, -0.2) is 0 Å². The van der Waals surface area contributed by atoms with E-state index in [1.54, 1.807) is 0 Å². The van der Waals surface area contributed by atoms with Crippen LogP contribution in [0.5, 0.6) is 0 Å². The molecule has 0 aromatic heterocycles. The van der Waals surface area contributed by atoms with Crippen LogP contribution in [0.1, 0.15) is 77.6 Å². The number of hydrogen-bond acceptors (Lipinski definition) is 2. The van der Waals surface area contributed by atoms with Gasteiger partial charge in [-0.15, -0.1) is 0 Å². The lowest BCUT2D eigenvalue weighted by Gasteiger charge is -2.30. The molecule has 0 amide bonds. The van der Waals surface area contributed by atoms with Gasteiger partial charge in [0.25, 0.3) is 0 Å². The van der Waals surface area contributed by atoms with Crippen LogP contribution < -0.4 is 5.73 Å². The van der Waals surface area contributed by atoms with Crippen LogP contribution in [-0.4, -0.2) is 30.6 Å². The summed E-state index contributed by atoms with van der Waals surface area (Å²) in [6, 6.07) is 0.442. The molecule has 1 aliphatic heterocycles. The summed E-state index contributed by atoms with van der Waals surface area (Å²) in [5.41, 5.74) is 5.99. The Morgan fingerprint density at radius 3 is 2.17 bits per heavy atom. The molecule has 1 atom stereocenters. The van der Waals surface area contributed by atoms with Crippen molar-refractivity contribution in [1.29, 1.82) is 0 Å². The number of rotatable bonds is 10. The molecule has 1 heterocycles. The zero-order valence-corrected chi connectivity index (χ0v) is 12.5. The number of likely N-dealkylation sites (tertiary alicyclic amines) is 1. The predicted molar refractivity (Wildman–Crippen MR) is 80.9 cm³/mol. The summed E-state index contributed by atoms with van der Waals surface area (Å²) in [4.78, 5) is 2.56. The van der Waals surface area contributed by atoms with Crippen LogP contribution in [0.25, 0.3) is 0 Å². The van der Waals surface area contributed by atoms with Crippen LogP contribution in [0.4, 0.5) is 0 Å². The first-order chi connectivity index (χ1) is 8.83. The van der Waals surface area contributed by atoms with E-state index >= 15 is 0 Å². The van der Waals surface area contributed by atoms with Crippen LogP contribution in [0.2, 0.25) is 0 Å². The Kier molecular flexibility index (Phi) is 9.59. The van der Waals surface area contributed by atoms with Gasteiger partial charge >= 0.3 is 0 Å². The van der Waals surface area contributed by atoms with Crippen molar-refractivity contribution in [2.24, 2.45) is 5.73 Å². The van der Waals surface area contributed by atoms with Crippen LogP contribution in [-0.2, 0) is 0 Å². The minimum Gasteiger partial charge on any atom is -0.327 e. The van der Waals surface area contributed by atoms with Gasteiger partial charge in [0.2, 0.25) is 0 Å². The number of unbranched alkanes of at least 4 members (excludes halogenated alkanes) is 8. The zero-order chi connectivity index (χ0) is 13.1. The minimum atomic E-state index is 0.442. The second-order valence-electron chi connectivity index (χ2n) is 6.03. The topological polar surface area (TPSA) is 29.3 Å². The van der Waals surface area contributed by atoms with Crippen LogP contribution in [0.15, 0.2) is 0 Å². The van der Waals surface area contributed by atoms with Gasteiger partial charge < -0.3 is 10.6 Å². The quantitative estimate of drug-likeness (QED) is 0.598. The Bertz CT molecular complexity index is 182. The normalized spacial score (nSPS) is 21.3. The molecule has 108 valence electrons. The van der Waals surface area contributed by atoms with Gasteiger partial charge in [-0.1, -0.05) is 58.3 Å². The summed E-state index contributed by atoms with van der Waals surface area (Å²) in [5, 5.41) is 0. The molecule has 0 spiro atoms. The molecule has 0 radical (unpaired) electrons. The summed E-state index contributed by atoms with van der Waals surface area (Å²) >= 11 is 0. The van der Waals surface area contributed by atoms with E-state index in [-0.39, 0.29) is 0 Å². The molecule has 0 saturated carbocycles. The maximum atomic E-state index is 5.99. The summed E-state index contributed by atoms with van der Waals surface area (Å²) in [7, 11) is 0. The van der Waals surface area contributed by atoms with Gasteiger partial charge in [0, 0.05) is 12.6 Å².